The van der Waals surface area contributed by atoms with Crippen LogP contribution in [0.15, 0.2) is 24.5 Å². The minimum absolute atomic E-state index is 0. The number of hydrogen-bond donors (Lipinski definition) is 1. The van der Waals surface area contributed by atoms with Crippen molar-refractivity contribution in [2.45, 2.75) is 41.5 Å². The van der Waals surface area contributed by atoms with Crippen molar-refractivity contribution in [1.29, 1.82) is 0 Å². The van der Waals surface area contributed by atoms with Gasteiger partial charge in [0.25, 0.3) is 0 Å². The summed E-state index contributed by atoms with van der Waals surface area (Å²) in [5.74, 6) is 0. The third-order valence-electron chi connectivity index (χ3n) is 3.45. The Hall–Kier alpha value is -0.840. The molecule has 1 N–H and O–H groups in total. The van der Waals surface area contributed by atoms with Gasteiger partial charge in [0.2, 0.25) is 0 Å². The first-order valence-electron chi connectivity index (χ1n) is 6.84. The number of pyridine rings is 2. The van der Waals surface area contributed by atoms with Crippen molar-refractivity contribution in [2.24, 2.45) is 0 Å². The Balaban J connectivity index is 0. The minimum atomic E-state index is -4.69. The van der Waals surface area contributed by atoms with E-state index in [1.54, 1.807) is 0 Å². The van der Waals surface area contributed by atoms with Crippen LogP contribution in [-0.2, 0) is 0 Å². The van der Waals surface area contributed by atoms with Crippen molar-refractivity contribution >= 4 is 24.0 Å². The molecule has 0 aliphatic heterocycles. The molecule has 0 bridgehead atoms. The molecular weight excluding hydrogens is 447 g/mol. The van der Waals surface area contributed by atoms with Crippen LogP contribution in [0.2, 0.25) is 0 Å². The molecule has 0 fully saturated rings. The summed E-state index contributed by atoms with van der Waals surface area (Å²) in [5, 5.41) is 0. The molecule has 2 rings (SSSR count). The highest BCUT2D eigenvalue weighted by molar-refractivity contribution is 14.0. The van der Waals surface area contributed by atoms with Crippen LogP contribution >= 0.6 is 24.0 Å². The molecular formula is C16H24ClIN2O4. The number of halogens is 2. The van der Waals surface area contributed by atoms with Gasteiger partial charge in [-0.15, -0.1) is 24.0 Å². The molecule has 0 atom stereocenters. The molecule has 24 heavy (non-hydrogen) atoms. The van der Waals surface area contributed by atoms with Crippen LogP contribution in [0.5, 0.6) is 0 Å². The highest BCUT2D eigenvalue weighted by Gasteiger charge is 1.99. The van der Waals surface area contributed by atoms with Gasteiger partial charge in [0.05, 0.1) is 14.9 Å². The van der Waals surface area contributed by atoms with Crippen LogP contribution < -0.4 is 14.0 Å². The number of nitrogens with zero attached hydrogens (tertiary/aromatic N) is 2. The maximum atomic E-state index is 8.60. The van der Waals surface area contributed by atoms with Crippen LogP contribution in [0.4, 0.5) is 0 Å². The molecule has 0 aromatic carbocycles. The third kappa shape index (κ3) is 11.7. The van der Waals surface area contributed by atoms with E-state index in [2.05, 4.69) is 37.7 Å². The van der Waals surface area contributed by atoms with E-state index >= 15 is 0 Å². The fourth-order valence-electron chi connectivity index (χ4n) is 1.54. The topological polar surface area (TPSA) is 115 Å². The normalized spacial score (nSPS) is 9.75. The second-order valence-corrected chi connectivity index (χ2v) is 5.86. The van der Waals surface area contributed by atoms with E-state index in [1.807, 2.05) is 38.4 Å². The molecule has 0 aliphatic rings. The lowest BCUT2D eigenvalue weighted by molar-refractivity contribution is -1.92. The standard InChI is InChI=1S/2C8H11N.ClHO4.HI/c2*1-6-4-5-9-8(3)7(6)2;2-1(3,4)5;/h2*4-5H,1-3H3;(H,2,3,4,5);1H. The molecule has 8 heteroatoms. The van der Waals surface area contributed by atoms with Crippen molar-refractivity contribution in [2.75, 3.05) is 0 Å². The summed E-state index contributed by atoms with van der Waals surface area (Å²) in [7, 11) is -4.69. The van der Waals surface area contributed by atoms with E-state index in [-0.39, 0.29) is 24.0 Å². The molecule has 136 valence electrons. The van der Waals surface area contributed by atoms with Gasteiger partial charge >= 0.3 is 0 Å². The van der Waals surface area contributed by atoms with E-state index < -0.39 is 10.2 Å². The van der Waals surface area contributed by atoms with E-state index in [0.29, 0.717) is 0 Å². The molecule has 2 aromatic heterocycles. The van der Waals surface area contributed by atoms with Gasteiger partial charge in [0.15, 0.2) is 0 Å². The van der Waals surface area contributed by atoms with Crippen LogP contribution in [0, 0.1) is 51.8 Å². The second kappa shape index (κ2) is 11.7. The summed E-state index contributed by atoms with van der Waals surface area (Å²) in [4.78, 5) is 8.28. The summed E-state index contributed by atoms with van der Waals surface area (Å²) in [6.07, 6.45) is 3.69. The average molecular weight is 471 g/mol. The van der Waals surface area contributed by atoms with Gasteiger partial charge in [-0.3, -0.25) is 9.97 Å². The summed E-state index contributed by atoms with van der Waals surface area (Å²) in [6.45, 7) is 12.5. The third-order valence-corrected chi connectivity index (χ3v) is 3.45. The van der Waals surface area contributed by atoms with Crippen LogP contribution in [-0.4, -0.2) is 14.6 Å². The Labute approximate surface area is 162 Å². The van der Waals surface area contributed by atoms with Gasteiger partial charge < -0.3 is 0 Å². The maximum Gasteiger partial charge on any atom is 0.0777 e. The number of aromatic nitrogens is 2. The highest BCUT2D eigenvalue weighted by atomic mass is 127. The average Bonchev–Trinajstić information content (AvgIpc) is 2.41. The molecule has 6 nitrogen and oxygen atoms in total. The zero-order valence-electron chi connectivity index (χ0n) is 14.7. The van der Waals surface area contributed by atoms with Gasteiger partial charge in [-0.1, -0.05) is 0 Å². The highest BCUT2D eigenvalue weighted by Crippen LogP contribution is 2.07. The van der Waals surface area contributed by atoms with Gasteiger partial charge in [-0.2, -0.15) is 14.0 Å². The van der Waals surface area contributed by atoms with E-state index in [4.69, 9.17) is 18.6 Å². The van der Waals surface area contributed by atoms with Crippen molar-refractivity contribution in [1.82, 2.24) is 9.97 Å². The predicted molar refractivity (Wildman–Crippen MR) is 94.5 cm³/mol. The zero-order valence-corrected chi connectivity index (χ0v) is 17.7. The van der Waals surface area contributed by atoms with Crippen LogP contribution in [0.1, 0.15) is 33.6 Å². The zero-order chi connectivity index (χ0) is 18.2. The van der Waals surface area contributed by atoms with E-state index in [1.165, 1.54) is 22.3 Å². The lowest BCUT2D eigenvalue weighted by Gasteiger charge is -2.03. The Morgan fingerprint density at radius 1 is 0.750 bits per heavy atom. The molecule has 0 aliphatic carbocycles. The van der Waals surface area contributed by atoms with Gasteiger partial charge in [-0.25, -0.2) is 0 Å². The lowest BCUT2D eigenvalue weighted by atomic mass is 10.1. The first-order valence-corrected chi connectivity index (χ1v) is 8.10. The molecule has 0 amide bonds. The van der Waals surface area contributed by atoms with Crippen molar-refractivity contribution in [3.63, 3.8) is 0 Å². The first kappa shape index (κ1) is 25.4. The molecule has 0 radical (unpaired) electrons. The Kier molecular flexibility index (Phi) is 12.3. The Bertz CT molecular complexity index is 538. The fraction of sp³-hybridized carbons (Fsp3) is 0.375. The fourth-order valence-corrected chi connectivity index (χ4v) is 1.54. The number of aryl methyl sites for hydroxylation is 4. The predicted octanol–water partition coefficient (Wildman–Crippen LogP) is 0.508. The largest absolute Gasteiger partial charge is 0.261 e. The number of rotatable bonds is 0. The van der Waals surface area contributed by atoms with E-state index in [0.717, 1.165) is 11.4 Å². The van der Waals surface area contributed by atoms with Crippen molar-refractivity contribution < 1.29 is 28.9 Å². The van der Waals surface area contributed by atoms with Gasteiger partial charge in [0, 0.05) is 23.8 Å². The van der Waals surface area contributed by atoms with Gasteiger partial charge in [0.1, 0.15) is 0 Å². The quantitative estimate of drug-likeness (QED) is 0.561. The smallest absolute Gasteiger partial charge is 0.0777 e. The lowest BCUT2D eigenvalue weighted by Crippen LogP contribution is -2.58. The summed E-state index contributed by atoms with van der Waals surface area (Å²) in [6, 6.07) is 4.06. The molecule has 0 spiro atoms. The summed E-state index contributed by atoms with van der Waals surface area (Å²) in [5.41, 5.74) is 7.52. The first-order chi connectivity index (χ1) is 10.4. The van der Waals surface area contributed by atoms with Crippen molar-refractivity contribution in [3.8, 4) is 0 Å². The minimum Gasteiger partial charge on any atom is -0.261 e. The molecule has 0 saturated carbocycles. The maximum absolute atomic E-state index is 8.60. The molecule has 0 unspecified atom stereocenters. The van der Waals surface area contributed by atoms with E-state index in [9.17, 15) is 0 Å². The Morgan fingerprint density at radius 2 is 1.00 bits per heavy atom. The SMILES string of the molecule is Cc1ccnc(C)c1C.Cc1ccnc(C)c1C.I.[O-][Cl+3]([O-])([O-])O. The monoisotopic (exact) mass is 470 g/mol. The molecule has 2 aromatic rings. The summed E-state index contributed by atoms with van der Waals surface area (Å²) < 4.78 is 32.7. The molecule has 2 heterocycles. The second-order valence-electron chi connectivity index (χ2n) is 5.07. The van der Waals surface area contributed by atoms with Crippen molar-refractivity contribution in [3.05, 3.63) is 58.2 Å². The molecule has 0 saturated heterocycles. The van der Waals surface area contributed by atoms with Crippen LogP contribution in [0.3, 0.4) is 0 Å². The number of hydrogen-bond acceptors (Lipinski definition) is 6. The summed E-state index contributed by atoms with van der Waals surface area (Å²) >= 11 is 0. The van der Waals surface area contributed by atoms with Gasteiger partial charge in [-0.05, 0) is 75.9 Å². The van der Waals surface area contributed by atoms with Crippen LogP contribution in [0.25, 0.3) is 0 Å². The Morgan fingerprint density at radius 3 is 1.17 bits per heavy atom.